The number of nitrogens with zero attached hydrogens (tertiary/aromatic N) is 2. The standard InChI is InChI=1S/C12H18N2O2/c15-11-4-8-13(9-5-11)10-12(16)14-6-2-1-3-7-14/h4-5,8-9,12,16H,1-3,6-7,10H2. The van der Waals surface area contributed by atoms with Crippen molar-refractivity contribution in [2.24, 2.45) is 0 Å². The van der Waals surface area contributed by atoms with Gasteiger partial charge in [-0.05, 0) is 12.8 Å². The molecule has 1 aliphatic rings. The fourth-order valence-corrected chi connectivity index (χ4v) is 2.09. The summed E-state index contributed by atoms with van der Waals surface area (Å²) < 4.78 is 1.85. The summed E-state index contributed by atoms with van der Waals surface area (Å²) in [6, 6.07) is 3.03. The number of hydrogen-bond acceptors (Lipinski definition) is 3. The Hall–Kier alpha value is -1.13. The molecule has 0 aromatic carbocycles. The zero-order valence-corrected chi connectivity index (χ0v) is 9.38. The molecule has 1 aromatic rings. The van der Waals surface area contributed by atoms with Gasteiger partial charge in [-0.1, -0.05) is 6.42 Å². The largest absolute Gasteiger partial charge is 0.376 e. The zero-order chi connectivity index (χ0) is 11.4. The van der Waals surface area contributed by atoms with Crippen molar-refractivity contribution in [3.8, 4) is 0 Å². The molecule has 4 heteroatoms. The van der Waals surface area contributed by atoms with E-state index in [0.29, 0.717) is 6.54 Å². The molecule has 0 bridgehead atoms. The van der Waals surface area contributed by atoms with Gasteiger partial charge in [-0.15, -0.1) is 0 Å². The second kappa shape index (κ2) is 5.27. The zero-order valence-electron chi connectivity index (χ0n) is 9.38. The molecule has 1 fully saturated rings. The van der Waals surface area contributed by atoms with Crippen LogP contribution in [0.1, 0.15) is 19.3 Å². The minimum Gasteiger partial charge on any atom is -0.376 e. The van der Waals surface area contributed by atoms with E-state index in [1.807, 2.05) is 4.57 Å². The molecule has 1 N–H and O–H groups in total. The summed E-state index contributed by atoms with van der Waals surface area (Å²) in [5.41, 5.74) is 0.00344. The SMILES string of the molecule is O=c1ccn(CC(O)N2CCCCC2)cc1. The number of rotatable bonds is 3. The molecule has 88 valence electrons. The van der Waals surface area contributed by atoms with Crippen molar-refractivity contribution >= 4 is 0 Å². The second-order valence-electron chi connectivity index (χ2n) is 4.31. The van der Waals surface area contributed by atoms with Crippen LogP contribution >= 0.6 is 0 Å². The van der Waals surface area contributed by atoms with Gasteiger partial charge in [0, 0.05) is 37.6 Å². The van der Waals surface area contributed by atoms with Crippen LogP contribution in [0.5, 0.6) is 0 Å². The average Bonchev–Trinajstić information content (AvgIpc) is 2.33. The molecule has 16 heavy (non-hydrogen) atoms. The predicted octanol–water partition coefficient (Wildman–Crippen LogP) is 0.653. The molecule has 0 aliphatic carbocycles. The van der Waals surface area contributed by atoms with Gasteiger partial charge in [-0.25, -0.2) is 0 Å². The number of likely N-dealkylation sites (tertiary alicyclic amines) is 1. The third-order valence-electron chi connectivity index (χ3n) is 3.05. The molecule has 1 aliphatic heterocycles. The summed E-state index contributed by atoms with van der Waals surface area (Å²) in [4.78, 5) is 13.0. The summed E-state index contributed by atoms with van der Waals surface area (Å²) in [5, 5.41) is 10.0. The molecule has 4 nitrogen and oxygen atoms in total. The Labute approximate surface area is 95.1 Å². The van der Waals surface area contributed by atoms with Crippen LogP contribution in [-0.4, -0.2) is 33.9 Å². The molecular formula is C12H18N2O2. The second-order valence-corrected chi connectivity index (χ2v) is 4.31. The predicted molar refractivity (Wildman–Crippen MR) is 62.1 cm³/mol. The fraction of sp³-hybridized carbons (Fsp3) is 0.583. The number of hydrogen-bond donors (Lipinski definition) is 1. The first-order chi connectivity index (χ1) is 7.75. The Morgan fingerprint density at radius 1 is 1.19 bits per heavy atom. The molecule has 2 heterocycles. The van der Waals surface area contributed by atoms with Crippen LogP contribution < -0.4 is 5.43 Å². The number of aromatic nitrogens is 1. The smallest absolute Gasteiger partial charge is 0.181 e. The quantitative estimate of drug-likeness (QED) is 0.817. The summed E-state index contributed by atoms with van der Waals surface area (Å²) >= 11 is 0. The van der Waals surface area contributed by atoms with Gasteiger partial charge in [0.25, 0.3) is 0 Å². The van der Waals surface area contributed by atoms with Crippen molar-refractivity contribution in [1.29, 1.82) is 0 Å². The van der Waals surface area contributed by atoms with E-state index in [1.165, 1.54) is 31.4 Å². The van der Waals surface area contributed by atoms with Crippen LogP contribution in [0.15, 0.2) is 29.3 Å². The van der Waals surface area contributed by atoms with E-state index in [2.05, 4.69) is 4.90 Å². The Bertz CT molecular complexity index is 362. The molecule has 1 atom stereocenters. The highest BCUT2D eigenvalue weighted by Crippen LogP contribution is 2.11. The van der Waals surface area contributed by atoms with Crippen molar-refractivity contribution in [2.45, 2.75) is 32.0 Å². The van der Waals surface area contributed by atoms with Crippen LogP contribution in [0.4, 0.5) is 0 Å². The highest BCUT2D eigenvalue weighted by atomic mass is 16.3. The van der Waals surface area contributed by atoms with Gasteiger partial charge in [-0.2, -0.15) is 0 Å². The van der Waals surface area contributed by atoms with Gasteiger partial charge in [0.2, 0.25) is 0 Å². The number of piperidine rings is 1. The minimum atomic E-state index is -0.442. The molecule has 2 rings (SSSR count). The van der Waals surface area contributed by atoms with Gasteiger partial charge < -0.3 is 9.67 Å². The van der Waals surface area contributed by atoms with E-state index >= 15 is 0 Å². The average molecular weight is 222 g/mol. The van der Waals surface area contributed by atoms with Crippen LogP contribution in [0.25, 0.3) is 0 Å². The van der Waals surface area contributed by atoms with Gasteiger partial charge in [0.1, 0.15) is 6.23 Å². The Kier molecular flexibility index (Phi) is 3.74. The van der Waals surface area contributed by atoms with E-state index in [4.69, 9.17) is 0 Å². The van der Waals surface area contributed by atoms with Crippen molar-refractivity contribution in [3.05, 3.63) is 34.7 Å². The summed E-state index contributed by atoms with van der Waals surface area (Å²) in [5.74, 6) is 0. The van der Waals surface area contributed by atoms with Gasteiger partial charge in [-0.3, -0.25) is 9.69 Å². The minimum absolute atomic E-state index is 0.00344. The number of aliphatic hydroxyl groups excluding tert-OH is 1. The van der Waals surface area contributed by atoms with Crippen molar-refractivity contribution in [1.82, 2.24) is 9.47 Å². The third-order valence-corrected chi connectivity index (χ3v) is 3.05. The first-order valence-electron chi connectivity index (χ1n) is 5.84. The van der Waals surface area contributed by atoms with Crippen molar-refractivity contribution in [2.75, 3.05) is 13.1 Å². The molecule has 0 spiro atoms. The monoisotopic (exact) mass is 222 g/mol. The third kappa shape index (κ3) is 2.93. The van der Waals surface area contributed by atoms with E-state index in [9.17, 15) is 9.90 Å². The molecule has 1 unspecified atom stereocenters. The van der Waals surface area contributed by atoms with Crippen molar-refractivity contribution < 1.29 is 5.11 Å². The summed E-state index contributed by atoms with van der Waals surface area (Å²) in [7, 11) is 0. The fourth-order valence-electron chi connectivity index (χ4n) is 2.09. The highest BCUT2D eigenvalue weighted by Gasteiger charge is 2.17. The lowest BCUT2D eigenvalue weighted by Gasteiger charge is -2.31. The van der Waals surface area contributed by atoms with E-state index in [-0.39, 0.29) is 5.43 Å². The Morgan fingerprint density at radius 3 is 2.44 bits per heavy atom. The summed E-state index contributed by atoms with van der Waals surface area (Å²) in [6.45, 7) is 2.48. The van der Waals surface area contributed by atoms with E-state index < -0.39 is 6.23 Å². The van der Waals surface area contributed by atoms with Crippen LogP contribution in [0, 0.1) is 0 Å². The molecule has 0 saturated carbocycles. The lowest BCUT2D eigenvalue weighted by molar-refractivity contribution is -0.0192. The molecule has 0 amide bonds. The highest BCUT2D eigenvalue weighted by molar-refractivity contribution is 4.93. The van der Waals surface area contributed by atoms with E-state index in [0.717, 1.165) is 13.1 Å². The van der Waals surface area contributed by atoms with Gasteiger partial charge in [0.15, 0.2) is 5.43 Å². The van der Waals surface area contributed by atoms with Crippen LogP contribution in [0.2, 0.25) is 0 Å². The first-order valence-corrected chi connectivity index (χ1v) is 5.84. The lowest BCUT2D eigenvalue weighted by Crippen LogP contribution is -2.41. The molecular weight excluding hydrogens is 204 g/mol. The van der Waals surface area contributed by atoms with Crippen LogP contribution in [-0.2, 0) is 6.54 Å². The van der Waals surface area contributed by atoms with Gasteiger partial charge in [0.05, 0.1) is 6.54 Å². The lowest BCUT2D eigenvalue weighted by atomic mass is 10.1. The molecule has 0 radical (unpaired) electrons. The van der Waals surface area contributed by atoms with Crippen molar-refractivity contribution in [3.63, 3.8) is 0 Å². The first kappa shape index (κ1) is 11.4. The van der Waals surface area contributed by atoms with Gasteiger partial charge >= 0.3 is 0 Å². The maximum atomic E-state index is 10.9. The maximum Gasteiger partial charge on any atom is 0.181 e. The number of aliphatic hydroxyl groups is 1. The van der Waals surface area contributed by atoms with E-state index in [1.54, 1.807) is 12.4 Å². The summed E-state index contributed by atoms with van der Waals surface area (Å²) in [6.07, 6.45) is 6.59. The maximum absolute atomic E-state index is 10.9. The number of pyridine rings is 1. The Balaban J connectivity index is 1.93. The molecule has 1 aromatic heterocycles. The topological polar surface area (TPSA) is 45.5 Å². The Morgan fingerprint density at radius 2 is 1.81 bits per heavy atom. The van der Waals surface area contributed by atoms with Crippen LogP contribution in [0.3, 0.4) is 0 Å². The molecule has 1 saturated heterocycles. The normalized spacial score (nSPS) is 19.6.